The number of alkyl halides is 3. The highest BCUT2D eigenvalue weighted by Crippen LogP contribution is 2.30. The summed E-state index contributed by atoms with van der Waals surface area (Å²) < 4.78 is 45.4. The number of hydrogen-bond donors (Lipinski definition) is 4. The van der Waals surface area contributed by atoms with Crippen LogP contribution >= 0.6 is 0 Å². The van der Waals surface area contributed by atoms with E-state index in [0.29, 0.717) is 44.0 Å². The molecule has 3 heterocycles. The Balaban J connectivity index is 0.000000285. The van der Waals surface area contributed by atoms with Crippen molar-refractivity contribution in [2.45, 2.75) is 26.1 Å². The molecule has 3 aromatic rings. The molecule has 10 nitrogen and oxygen atoms in total. The molecule has 1 aliphatic heterocycles. The van der Waals surface area contributed by atoms with Crippen LogP contribution in [-0.4, -0.2) is 64.7 Å². The van der Waals surface area contributed by atoms with Crippen LogP contribution in [0.5, 0.6) is 0 Å². The average molecular weight is 589 g/mol. The zero-order valence-electron chi connectivity index (χ0n) is 23.1. The van der Waals surface area contributed by atoms with Crippen molar-refractivity contribution in [1.29, 1.82) is 0 Å². The van der Waals surface area contributed by atoms with Crippen molar-refractivity contribution in [3.8, 4) is 0 Å². The molecule has 1 saturated heterocycles. The number of halogens is 4. The highest BCUT2D eigenvalue weighted by molar-refractivity contribution is 5.90. The Morgan fingerprint density at radius 3 is 2.60 bits per heavy atom. The number of benzene rings is 1. The summed E-state index contributed by atoms with van der Waals surface area (Å²) in [6.45, 7) is 2.54. The summed E-state index contributed by atoms with van der Waals surface area (Å²) in [5, 5.41) is 12.6. The van der Waals surface area contributed by atoms with Gasteiger partial charge in [-0.25, -0.2) is 13.9 Å². The molecule has 1 aliphatic carbocycles. The zero-order valence-corrected chi connectivity index (χ0v) is 23.1. The number of rotatable bonds is 6. The van der Waals surface area contributed by atoms with Gasteiger partial charge >= 0.3 is 6.18 Å². The number of nitrogens with one attached hydrogen (secondary N) is 3. The van der Waals surface area contributed by atoms with Gasteiger partial charge in [-0.15, -0.1) is 0 Å². The van der Waals surface area contributed by atoms with Gasteiger partial charge in [0.05, 0.1) is 17.9 Å². The number of nitrogen functional groups attached to an aromatic ring is 1. The number of amides is 2. The van der Waals surface area contributed by atoms with E-state index in [1.807, 2.05) is 30.4 Å². The fourth-order valence-electron chi connectivity index (χ4n) is 4.17. The molecule has 2 aromatic heterocycles. The predicted octanol–water partition coefficient (Wildman–Crippen LogP) is 3.65. The third-order valence-electron chi connectivity index (χ3n) is 5.96. The molecule has 0 radical (unpaired) electrons. The number of nitrogens with zero attached hydrogens (tertiary/aromatic N) is 4. The second kappa shape index (κ2) is 14.8. The third kappa shape index (κ3) is 9.44. The number of anilines is 2. The second-order valence-electron chi connectivity index (χ2n) is 9.21. The Kier molecular flexibility index (Phi) is 11.2. The maximum Gasteiger partial charge on any atom is 0.386 e. The van der Waals surface area contributed by atoms with E-state index in [-0.39, 0.29) is 18.6 Å². The fourth-order valence-corrected chi connectivity index (χ4v) is 4.17. The summed E-state index contributed by atoms with van der Waals surface area (Å²) in [5.74, 6) is 0.206. The molecule has 5 N–H and O–H groups in total. The highest BCUT2D eigenvalue weighted by Gasteiger charge is 2.21. The van der Waals surface area contributed by atoms with Gasteiger partial charge < -0.3 is 21.7 Å². The van der Waals surface area contributed by atoms with Crippen molar-refractivity contribution >= 4 is 34.9 Å². The van der Waals surface area contributed by atoms with Crippen LogP contribution in [0.3, 0.4) is 0 Å². The Morgan fingerprint density at radius 1 is 1.21 bits per heavy atom. The number of carbonyl (C=O) groups is 2. The first-order valence-electron chi connectivity index (χ1n) is 12.9. The molecule has 0 unspecified atom stereocenters. The van der Waals surface area contributed by atoms with E-state index in [9.17, 15) is 27.2 Å². The van der Waals surface area contributed by atoms with Crippen LogP contribution in [0.4, 0.5) is 29.1 Å². The number of allylic oxidation sites excluding steroid dienone is 5. The minimum Gasteiger partial charge on any atom is -0.386 e. The SMILES string of the molecule is CC(F)(F)F.CNc1ccccc1F.Nc1ncnn2c(CN3CCNC(=O)C3)cc(C3=CC=C(NC=O)CC=C3)c12. The topological polar surface area (TPSA) is 130 Å². The van der Waals surface area contributed by atoms with Crippen LogP contribution in [0.15, 0.2) is 66.7 Å². The lowest BCUT2D eigenvalue weighted by Gasteiger charge is -2.25. The first-order valence-corrected chi connectivity index (χ1v) is 12.9. The fraction of sp³-hybridized carbons (Fsp3) is 0.286. The molecule has 42 heavy (non-hydrogen) atoms. The van der Waals surface area contributed by atoms with Crippen LogP contribution < -0.4 is 21.7 Å². The quantitative estimate of drug-likeness (QED) is 0.256. The molecule has 5 rings (SSSR count). The van der Waals surface area contributed by atoms with E-state index in [0.717, 1.165) is 34.6 Å². The molecule has 0 atom stereocenters. The van der Waals surface area contributed by atoms with Crippen molar-refractivity contribution in [2.75, 3.05) is 37.7 Å². The molecule has 2 amide bonds. The van der Waals surface area contributed by atoms with E-state index in [2.05, 4.69) is 30.9 Å². The smallest absolute Gasteiger partial charge is 0.386 e. The normalized spacial score (nSPS) is 15.1. The van der Waals surface area contributed by atoms with Crippen LogP contribution in [0.25, 0.3) is 11.1 Å². The van der Waals surface area contributed by atoms with Gasteiger partial charge in [-0.1, -0.05) is 30.4 Å². The summed E-state index contributed by atoms with van der Waals surface area (Å²) in [6.07, 6.45) is 6.53. The monoisotopic (exact) mass is 588 g/mol. The summed E-state index contributed by atoms with van der Waals surface area (Å²) in [4.78, 5) is 28.6. The van der Waals surface area contributed by atoms with Crippen LogP contribution in [0, 0.1) is 5.82 Å². The summed E-state index contributed by atoms with van der Waals surface area (Å²) in [7, 11) is 1.69. The number of nitrogens with two attached hydrogens (primary N) is 1. The summed E-state index contributed by atoms with van der Waals surface area (Å²) in [5.41, 5.74) is 11.0. The van der Waals surface area contributed by atoms with Crippen molar-refractivity contribution in [1.82, 2.24) is 30.1 Å². The maximum absolute atomic E-state index is 12.5. The second-order valence-corrected chi connectivity index (χ2v) is 9.21. The number of para-hydroxylation sites is 1. The van der Waals surface area contributed by atoms with Gasteiger partial charge in [0.1, 0.15) is 17.7 Å². The van der Waals surface area contributed by atoms with Gasteiger partial charge in [-0.05, 0) is 29.8 Å². The predicted molar refractivity (Wildman–Crippen MR) is 152 cm³/mol. The molecule has 0 spiro atoms. The van der Waals surface area contributed by atoms with Crippen molar-refractivity contribution in [3.63, 3.8) is 0 Å². The summed E-state index contributed by atoms with van der Waals surface area (Å²) in [6, 6.07) is 8.60. The molecule has 224 valence electrons. The lowest BCUT2D eigenvalue weighted by atomic mass is 10.1. The minimum absolute atomic E-state index is 0.0243. The van der Waals surface area contributed by atoms with Crippen LogP contribution in [0.2, 0.25) is 0 Å². The van der Waals surface area contributed by atoms with Gasteiger partial charge in [-0.2, -0.15) is 18.3 Å². The Morgan fingerprint density at radius 2 is 1.95 bits per heavy atom. The number of aromatic nitrogens is 3. The van der Waals surface area contributed by atoms with E-state index in [4.69, 9.17) is 5.73 Å². The molecular formula is C28H32F4N8O2. The molecule has 0 saturated carbocycles. The standard InChI is InChI=1S/C19H21N7O2.C7H8FN.C2H3F3/c20-19-18-16(13-2-1-3-14(5-4-13)23-12-27)8-15(26(18)24-11-22-19)9-25-7-6-21-17(28)10-25;1-9-7-5-3-2-4-6(7)8;1-2(3,4)5/h1-2,4-5,8,11-12H,3,6-7,9-10H2,(H,21,28)(H,23,27)(H2,20,22,24);2-5,9H,1H3;1H3. The maximum atomic E-state index is 12.5. The van der Waals surface area contributed by atoms with Gasteiger partial charge in [0.25, 0.3) is 0 Å². The Labute approximate surface area is 240 Å². The Bertz CT molecular complexity index is 1470. The van der Waals surface area contributed by atoms with Crippen molar-refractivity contribution in [3.05, 3.63) is 83.7 Å². The average Bonchev–Trinajstić information content (AvgIpc) is 3.13. The lowest BCUT2D eigenvalue weighted by Crippen LogP contribution is -2.47. The van der Waals surface area contributed by atoms with Crippen molar-refractivity contribution < 1.29 is 27.2 Å². The van der Waals surface area contributed by atoms with Gasteiger partial charge in [0.2, 0.25) is 12.3 Å². The van der Waals surface area contributed by atoms with Crippen LogP contribution in [0.1, 0.15) is 24.6 Å². The van der Waals surface area contributed by atoms with E-state index in [1.165, 1.54) is 12.4 Å². The lowest BCUT2D eigenvalue weighted by molar-refractivity contribution is -0.124. The third-order valence-corrected chi connectivity index (χ3v) is 5.96. The number of hydrogen-bond acceptors (Lipinski definition) is 7. The Hall–Kier alpha value is -4.72. The first-order chi connectivity index (χ1) is 20.0. The number of carbonyl (C=O) groups excluding carboxylic acids is 2. The van der Waals surface area contributed by atoms with Crippen molar-refractivity contribution in [2.24, 2.45) is 0 Å². The molecule has 0 bridgehead atoms. The first kappa shape index (κ1) is 31.8. The highest BCUT2D eigenvalue weighted by atomic mass is 19.4. The van der Waals surface area contributed by atoms with E-state index < -0.39 is 6.18 Å². The van der Waals surface area contributed by atoms with Gasteiger partial charge in [0.15, 0.2) is 5.82 Å². The zero-order chi connectivity index (χ0) is 30.7. The number of piperazine rings is 1. The molecule has 1 fully saturated rings. The minimum atomic E-state index is -4.00. The number of fused-ring (bicyclic) bond motifs is 1. The van der Waals surface area contributed by atoms with E-state index in [1.54, 1.807) is 29.8 Å². The van der Waals surface area contributed by atoms with Gasteiger partial charge in [0, 0.05) is 51.3 Å². The molecule has 2 aliphatic rings. The summed E-state index contributed by atoms with van der Waals surface area (Å²) >= 11 is 0. The van der Waals surface area contributed by atoms with E-state index >= 15 is 0 Å². The molecule has 14 heteroatoms. The molecule has 1 aromatic carbocycles. The molecular weight excluding hydrogens is 556 g/mol. The van der Waals surface area contributed by atoms with Gasteiger partial charge in [-0.3, -0.25) is 14.5 Å². The van der Waals surface area contributed by atoms with Crippen LogP contribution in [-0.2, 0) is 16.1 Å². The largest absolute Gasteiger partial charge is 0.386 e.